The van der Waals surface area contributed by atoms with Crippen molar-refractivity contribution in [3.05, 3.63) is 0 Å². The van der Waals surface area contributed by atoms with Gasteiger partial charge in [-0.15, -0.1) is 24.0 Å². The first-order chi connectivity index (χ1) is 10.8. The molecule has 3 fully saturated rings. The Kier molecular flexibility index (Phi) is 7.84. The molecule has 2 heterocycles. The number of aliphatic hydroxyl groups excluding tert-OH is 1. The second-order valence-corrected chi connectivity index (χ2v) is 6.72. The van der Waals surface area contributed by atoms with Gasteiger partial charge >= 0.3 is 0 Å². The van der Waals surface area contributed by atoms with E-state index < -0.39 is 0 Å². The Morgan fingerprint density at radius 1 is 1.22 bits per heavy atom. The highest BCUT2D eigenvalue weighted by molar-refractivity contribution is 14.0. The van der Waals surface area contributed by atoms with E-state index in [2.05, 4.69) is 20.1 Å². The average Bonchev–Trinajstić information content (AvgIpc) is 3.19. The number of morpholine rings is 1. The zero-order chi connectivity index (χ0) is 15.4. The molecule has 0 aromatic rings. The molecule has 0 radical (unpaired) electrons. The van der Waals surface area contributed by atoms with Crippen LogP contribution < -0.4 is 5.32 Å². The number of aliphatic imine (C=N–C) groups is 1. The minimum absolute atomic E-state index is 0. The van der Waals surface area contributed by atoms with Gasteiger partial charge in [-0.25, -0.2) is 0 Å². The fraction of sp³-hybridized carbons (Fsp3) is 0.938. The summed E-state index contributed by atoms with van der Waals surface area (Å²) in [5.74, 6) is 1.38. The van der Waals surface area contributed by atoms with E-state index in [1.165, 1.54) is 6.42 Å². The summed E-state index contributed by atoms with van der Waals surface area (Å²) in [6.07, 6.45) is 4.29. The van der Waals surface area contributed by atoms with Crippen molar-refractivity contribution < 1.29 is 9.84 Å². The zero-order valence-corrected chi connectivity index (χ0v) is 16.4. The van der Waals surface area contributed by atoms with Crippen molar-refractivity contribution in [2.75, 3.05) is 53.0 Å². The molecule has 3 unspecified atom stereocenters. The molecule has 134 valence electrons. The number of halogens is 1. The lowest BCUT2D eigenvalue weighted by Crippen LogP contribution is -2.47. The van der Waals surface area contributed by atoms with E-state index in [1.54, 1.807) is 0 Å². The van der Waals surface area contributed by atoms with Crippen LogP contribution in [-0.2, 0) is 4.74 Å². The molecule has 0 spiro atoms. The normalized spacial score (nSPS) is 32.9. The summed E-state index contributed by atoms with van der Waals surface area (Å²) < 4.78 is 5.45. The number of ether oxygens (including phenoxy) is 1. The van der Waals surface area contributed by atoms with Crippen molar-refractivity contribution in [2.45, 2.75) is 37.8 Å². The van der Waals surface area contributed by atoms with Crippen molar-refractivity contribution in [1.29, 1.82) is 0 Å². The molecule has 1 saturated carbocycles. The van der Waals surface area contributed by atoms with Crippen molar-refractivity contribution in [1.82, 2.24) is 15.1 Å². The minimum Gasteiger partial charge on any atom is -0.393 e. The Balaban J connectivity index is 0.00000192. The Hall–Kier alpha value is -0.120. The van der Waals surface area contributed by atoms with Gasteiger partial charge in [0.25, 0.3) is 0 Å². The molecule has 0 aromatic heterocycles. The van der Waals surface area contributed by atoms with Gasteiger partial charge in [-0.2, -0.15) is 0 Å². The smallest absolute Gasteiger partial charge is 0.193 e. The number of rotatable bonds is 3. The predicted octanol–water partition coefficient (Wildman–Crippen LogP) is 0.747. The molecule has 2 aliphatic heterocycles. The van der Waals surface area contributed by atoms with Gasteiger partial charge in [-0.3, -0.25) is 9.89 Å². The molecule has 3 atom stereocenters. The third-order valence-electron chi connectivity index (χ3n) is 5.38. The van der Waals surface area contributed by atoms with Gasteiger partial charge in [0.15, 0.2) is 5.96 Å². The summed E-state index contributed by atoms with van der Waals surface area (Å²) in [6, 6.07) is 0.625. The lowest BCUT2D eigenvalue weighted by molar-refractivity contribution is 0.0194. The van der Waals surface area contributed by atoms with Gasteiger partial charge in [-0.1, -0.05) is 6.42 Å². The molecule has 23 heavy (non-hydrogen) atoms. The Morgan fingerprint density at radius 2 is 2.00 bits per heavy atom. The van der Waals surface area contributed by atoms with Crippen molar-refractivity contribution >= 4 is 29.9 Å². The molecule has 0 amide bonds. The van der Waals surface area contributed by atoms with E-state index >= 15 is 0 Å². The van der Waals surface area contributed by atoms with Crippen LogP contribution in [0.4, 0.5) is 0 Å². The topological polar surface area (TPSA) is 60.3 Å². The third kappa shape index (κ3) is 4.93. The summed E-state index contributed by atoms with van der Waals surface area (Å²) in [5.41, 5.74) is 0. The molecule has 3 rings (SSSR count). The first-order valence-corrected chi connectivity index (χ1v) is 8.73. The third-order valence-corrected chi connectivity index (χ3v) is 5.38. The lowest BCUT2D eigenvalue weighted by Gasteiger charge is -2.32. The van der Waals surface area contributed by atoms with E-state index in [9.17, 15) is 5.11 Å². The van der Waals surface area contributed by atoms with E-state index in [0.29, 0.717) is 12.0 Å². The van der Waals surface area contributed by atoms with Crippen LogP contribution in [0.5, 0.6) is 0 Å². The minimum atomic E-state index is -0.134. The quantitative estimate of drug-likeness (QED) is 0.387. The Morgan fingerprint density at radius 3 is 2.65 bits per heavy atom. The maximum absolute atomic E-state index is 9.94. The second kappa shape index (κ2) is 9.39. The van der Waals surface area contributed by atoms with Gasteiger partial charge < -0.3 is 20.1 Å². The Bertz CT molecular complexity index is 390. The number of guanidine groups is 1. The SMILES string of the molecule is CN=C(NCC1CCCC1O)N1CCC(N2CCOCC2)C1.I. The number of likely N-dealkylation sites (tertiary alicyclic amines) is 1. The lowest BCUT2D eigenvalue weighted by atomic mass is 10.1. The number of aliphatic hydroxyl groups is 1. The number of nitrogens with one attached hydrogen (secondary N) is 1. The van der Waals surface area contributed by atoms with Gasteiger partial charge in [0.2, 0.25) is 0 Å². The molecule has 3 aliphatic rings. The van der Waals surface area contributed by atoms with Crippen molar-refractivity contribution in [3.8, 4) is 0 Å². The van der Waals surface area contributed by atoms with Crippen LogP contribution in [0.2, 0.25) is 0 Å². The summed E-state index contributed by atoms with van der Waals surface area (Å²) in [6.45, 7) is 6.79. The van der Waals surface area contributed by atoms with Crippen LogP contribution in [0.1, 0.15) is 25.7 Å². The first-order valence-electron chi connectivity index (χ1n) is 8.73. The summed E-state index contributed by atoms with van der Waals surface area (Å²) in [7, 11) is 1.86. The van der Waals surface area contributed by atoms with Crippen LogP contribution in [0.25, 0.3) is 0 Å². The van der Waals surface area contributed by atoms with Gasteiger partial charge in [0.1, 0.15) is 0 Å². The van der Waals surface area contributed by atoms with Crippen LogP contribution in [0, 0.1) is 5.92 Å². The zero-order valence-electron chi connectivity index (χ0n) is 14.1. The van der Waals surface area contributed by atoms with E-state index in [0.717, 1.165) is 71.2 Å². The highest BCUT2D eigenvalue weighted by Crippen LogP contribution is 2.25. The monoisotopic (exact) mass is 438 g/mol. The molecule has 2 saturated heterocycles. The predicted molar refractivity (Wildman–Crippen MR) is 102 cm³/mol. The fourth-order valence-electron chi connectivity index (χ4n) is 3.98. The van der Waals surface area contributed by atoms with Gasteiger partial charge in [0.05, 0.1) is 19.3 Å². The molecule has 2 N–H and O–H groups in total. The number of nitrogens with zero attached hydrogens (tertiary/aromatic N) is 3. The average molecular weight is 438 g/mol. The van der Waals surface area contributed by atoms with Crippen molar-refractivity contribution in [3.63, 3.8) is 0 Å². The van der Waals surface area contributed by atoms with Crippen LogP contribution in [-0.4, -0.2) is 86.0 Å². The number of hydrogen-bond donors (Lipinski definition) is 2. The fourth-order valence-corrected chi connectivity index (χ4v) is 3.98. The molecule has 6 nitrogen and oxygen atoms in total. The van der Waals surface area contributed by atoms with Gasteiger partial charge in [0, 0.05) is 51.7 Å². The largest absolute Gasteiger partial charge is 0.393 e. The van der Waals surface area contributed by atoms with E-state index in [-0.39, 0.29) is 30.1 Å². The standard InChI is InChI=1S/C16H30N4O2.HI/c1-17-16(18-11-13-3-2-4-15(13)21)20-6-5-14(12-20)19-7-9-22-10-8-19;/h13-15,21H,2-12H2,1H3,(H,17,18);1H. The molecular weight excluding hydrogens is 407 g/mol. The number of hydrogen-bond acceptors (Lipinski definition) is 4. The van der Waals surface area contributed by atoms with E-state index in [1.807, 2.05) is 7.05 Å². The Labute approximate surface area is 156 Å². The van der Waals surface area contributed by atoms with Crippen LogP contribution in [0.3, 0.4) is 0 Å². The highest BCUT2D eigenvalue weighted by Gasteiger charge is 2.31. The van der Waals surface area contributed by atoms with Crippen LogP contribution >= 0.6 is 24.0 Å². The second-order valence-electron chi connectivity index (χ2n) is 6.72. The molecule has 0 aromatic carbocycles. The molecule has 0 bridgehead atoms. The summed E-state index contributed by atoms with van der Waals surface area (Å²) >= 11 is 0. The van der Waals surface area contributed by atoms with Gasteiger partial charge in [-0.05, 0) is 19.3 Å². The van der Waals surface area contributed by atoms with E-state index in [4.69, 9.17) is 4.74 Å². The molecule has 7 heteroatoms. The summed E-state index contributed by atoms with van der Waals surface area (Å²) in [4.78, 5) is 9.36. The maximum Gasteiger partial charge on any atom is 0.193 e. The van der Waals surface area contributed by atoms with Crippen molar-refractivity contribution in [2.24, 2.45) is 10.9 Å². The molecule has 1 aliphatic carbocycles. The van der Waals surface area contributed by atoms with Crippen LogP contribution in [0.15, 0.2) is 4.99 Å². The maximum atomic E-state index is 9.94. The molecular formula is C16H31IN4O2. The highest BCUT2D eigenvalue weighted by atomic mass is 127. The first kappa shape index (κ1) is 19.2. The summed E-state index contributed by atoms with van der Waals surface area (Å²) in [5, 5.41) is 13.4.